The van der Waals surface area contributed by atoms with Gasteiger partial charge in [-0.25, -0.2) is 9.37 Å². The monoisotopic (exact) mass is 168 g/mol. The Kier molecular flexibility index (Phi) is 2.63. The van der Waals surface area contributed by atoms with Crippen molar-refractivity contribution in [3.05, 3.63) is 30.7 Å². The van der Waals surface area contributed by atoms with Gasteiger partial charge in [-0.05, 0) is 0 Å². The summed E-state index contributed by atoms with van der Waals surface area (Å²) in [4.78, 5) is 3.58. The predicted octanol–water partition coefficient (Wildman–Crippen LogP) is 1.37. The highest BCUT2D eigenvalue weighted by atomic mass is 19.1. The summed E-state index contributed by atoms with van der Waals surface area (Å²) in [6.45, 7) is 3.78. The van der Waals surface area contributed by atoms with Crippen LogP contribution < -0.4 is 10.5 Å². The molecule has 1 aromatic rings. The molecule has 1 rings (SSSR count). The van der Waals surface area contributed by atoms with E-state index in [4.69, 9.17) is 10.5 Å². The summed E-state index contributed by atoms with van der Waals surface area (Å²) in [6.07, 6.45) is 2.93. The van der Waals surface area contributed by atoms with Crippen molar-refractivity contribution in [1.82, 2.24) is 4.98 Å². The molecule has 0 unspecified atom stereocenters. The Bertz CT molecular complexity index is 288. The standard InChI is InChI=1S/C8H9FN2O/c1-2-3-12-6-4-7(9)8(10)11-5-6/h2,4-5H,1,3H2,(H2,10,11). The van der Waals surface area contributed by atoms with Crippen molar-refractivity contribution < 1.29 is 9.13 Å². The van der Waals surface area contributed by atoms with Gasteiger partial charge in [0.1, 0.15) is 12.4 Å². The van der Waals surface area contributed by atoms with Gasteiger partial charge in [0.2, 0.25) is 0 Å². The molecule has 0 amide bonds. The first-order valence-electron chi connectivity index (χ1n) is 3.38. The predicted molar refractivity (Wildman–Crippen MR) is 44.3 cm³/mol. The molecule has 12 heavy (non-hydrogen) atoms. The fraction of sp³-hybridized carbons (Fsp3) is 0.125. The van der Waals surface area contributed by atoms with Gasteiger partial charge in [-0.3, -0.25) is 0 Å². The molecule has 0 aliphatic carbocycles. The molecule has 0 radical (unpaired) electrons. The van der Waals surface area contributed by atoms with Crippen LogP contribution in [0.4, 0.5) is 10.2 Å². The fourth-order valence-electron chi connectivity index (χ4n) is 0.665. The van der Waals surface area contributed by atoms with Gasteiger partial charge in [-0.15, -0.1) is 0 Å². The molecule has 0 atom stereocenters. The van der Waals surface area contributed by atoms with Crippen molar-refractivity contribution in [2.75, 3.05) is 12.3 Å². The number of pyridine rings is 1. The Morgan fingerprint density at radius 3 is 3.08 bits per heavy atom. The van der Waals surface area contributed by atoms with E-state index in [1.165, 1.54) is 12.3 Å². The lowest BCUT2D eigenvalue weighted by atomic mass is 10.4. The number of rotatable bonds is 3. The highest BCUT2D eigenvalue weighted by Crippen LogP contribution is 2.14. The van der Waals surface area contributed by atoms with E-state index in [-0.39, 0.29) is 5.82 Å². The van der Waals surface area contributed by atoms with Gasteiger partial charge in [-0.2, -0.15) is 0 Å². The first-order chi connectivity index (χ1) is 5.74. The second-order valence-electron chi connectivity index (χ2n) is 2.14. The third-order valence-electron chi connectivity index (χ3n) is 1.21. The molecule has 1 aromatic heterocycles. The second kappa shape index (κ2) is 3.71. The van der Waals surface area contributed by atoms with E-state index in [9.17, 15) is 4.39 Å². The maximum atomic E-state index is 12.7. The van der Waals surface area contributed by atoms with Crippen LogP contribution in [0.15, 0.2) is 24.9 Å². The number of hydrogen-bond acceptors (Lipinski definition) is 3. The Balaban J connectivity index is 2.75. The zero-order chi connectivity index (χ0) is 8.97. The number of nitrogens with zero attached hydrogens (tertiary/aromatic N) is 1. The summed E-state index contributed by atoms with van der Waals surface area (Å²) in [6, 6.07) is 1.19. The van der Waals surface area contributed by atoms with Crippen molar-refractivity contribution in [3.63, 3.8) is 0 Å². The molecule has 4 heteroatoms. The van der Waals surface area contributed by atoms with Crippen LogP contribution in [-0.2, 0) is 0 Å². The number of aromatic nitrogens is 1. The summed E-state index contributed by atoms with van der Waals surface area (Å²) in [7, 11) is 0. The zero-order valence-electron chi connectivity index (χ0n) is 6.46. The molecular weight excluding hydrogens is 159 g/mol. The van der Waals surface area contributed by atoms with Crippen LogP contribution in [0, 0.1) is 5.82 Å². The highest BCUT2D eigenvalue weighted by Gasteiger charge is 2.00. The molecule has 0 aliphatic rings. The van der Waals surface area contributed by atoms with Crippen LogP contribution in [-0.4, -0.2) is 11.6 Å². The molecule has 0 bridgehead atoms. The molecule has 0 saturated carbocycles. The Morgan fingerprint density at radius 2 is 2.50 bits per heavy atom. The van der Waals surface area contributed by atoms with E-state index < -0.39 is 5.82 Å². The van der Waals surface area contributed by atoms with Gasteiger partial charge in [0, 0.05) is 6.07 Å². The SMILES string of the molecule is C=CCOc1cnc(N)c(F)c1. The van der Waals surface area contributed by atoms with Gasteiger partial charge in [0.25, 0.3) is 0 Å². The maximum absolute atomic E-state index is 12.7. The van der Waals surface area contributed by atoms with Gasteiger partial charge in [-0.1, -0.05) is 12.7 Å². The minimum absolute atomic E-state index is 0.124. The normalized spacial score (nSPS) is 9.42. The van der Waals surface area contributed by atoms with E-state index >= 15 is 0 Å². The quantitative estimate of drug-likeness (QED) is 0.693. The minimum Gasteiger partial charge on any atom is -0.488 e. The molecule has 0 saturated heterocycles. The van der Waals surface area contributed by atoms with Crippen molar-refractivity contribution in [2.24, 2.45) is 0 Å². The Labute approximate surface area is 69.7 Å². The van der Waals surface area contributed by atoms with E-state index in [0.717, 1.165) is 0 Å². The lowest BCUT2D eigenvalue weighted by Gasteiger charge is -2.02. The van der Waals surface area contributed by atoms with Gasteiger partial charge in [0.05, 0.1) is 6.20 Å². The third-order valence-corrected chi connectivity index (χ3v) is 1.21. The first-order valence-corrected chi connectivity index (χ1v) is 3.38. The molecule has 0 fully saturated rings. The molecule has 0 aromatic carbocycles. The molecule has 1 heterocycles. The van der Waals surface area contributed by atoms with Crippen LogP contribution in [0.1, 0.15) is 0 Å². The van der Waals surface area contributed by atoms with Crippen LogP contribution >= 0.6 is 0 Å². The largest absolute Gasteiger partial charge is 0.488 e. The number of anilines is 1. The number of nitrogens with two attached hydrogens (primary N) is 1. The fourth-order valence-corrected chi connectivity index (χ4v) is 0.665. The Hall–Kier alpha value is -1.58. The number of hydrogen-bond donors (Lipinski definition) is 1. The minimum atomic E-state index is -0.573. The molecule has 3 nitrogen and oxygen atoms in total. The summed E-state index contributed by atoms with van der Waals surface area (Å²) >= 11 is 0. The van der Waals surface area contributed by atoms with Crippen molar-refractivity contribution in [2.45, 2.75) is 0 Å². The topological polar surface area (TPSA) is 48.1 Å². The zero-order valence-corrected chi connectivity index (χ0v) is 6.46. The molecular formula is C8H9FN2O. The third kappa shape index (κ3) is 1.95. The Morgan fingerprint density at radius 1 is 1.75 bits per heavy atom. The van der Waals surface area contributed by atoms with Crippen LogP contribution in [0.25, 0.3) is 0 Å². The lowest BCUT2D eigenvalue weighted by Crippen LogP contribution is -1.98. The lowest BCUT2D eigenvalue weighted by molar-refractivity contribution is 0.359. The van der Waals surface area contributed by atoms with Gasteiger partial charge >= 0.3 is 0 Å². The summed E-state index contributed by atoms with van der Waals surface area (Å²) in [5.74, 6) is -0.348. The van der Waals surface area contributed by atoms with Crippen LogP contribution in [0.5, 0.6) is 5.75 Å². The van der Waals surface area contributed by atoms with E-state index in [1.54, 1.807) is 6.08 Å². The maximum Gasteiger partial charge on any atom is 0.168 e. The molecule has 0 spiro atoms. The summed E-state index contributed by atoms with van der Waals surface area (Å²) in [5, 5.41) is 0. The molecule has 64 valence electrons. The molecule has 2 N–H and O–H groups in total. The second-order valence-corrected chi connectivity index (χ2v) is 2.14. The van der Waals surface area contributed by atoms with Crippen molar-refractivity contribution in [1.29, 1.82) is 0 Å². The van der Waals surface area contributed by atoms with Crippen LogP contribution in [0.2, 0.25) is 0 Å². The van der Waals surface area contributed by atoms with E-state index in [1.807, 2.05) is 0 Å². The van der Waals surface area contributed by atoms with Crippen molar-refractivity contribution >= 4 is 5.82 Å². The smallest absolute Gasteiger partial charge is 0.168 e. The summed E-state index contributed by atoms with van der Waals surface area (Å²) in [5.41, 5.74) is 5.16. The number of ether oxygens (including phenoxy) is 1. The van der Waals surface area contributed by atoms with Crippen LogP contribution in [0.3, 0.4) is 0 Å². The summed E-state index contributed by atoms with van der Waals surface area (Å²) < 4.78 is 17.7. The number of nitrogen functional groups attached to an aromatic ring is 1. The average Bonchev–Trinajstić information content (AvgIpc) is 2.07. The van der Waals surface area contributed by atoms with E-state index in [2.05, 4.69) is 11.6 Å². The number of halogens is 1. The van der Waals surface area contributed by atoms with E-state index in [0.29, 0.717) is 12.4 Å². The van der Waals surface area contributed by atoms with Gasteiger partial charge < -0.3 is 10.5 Å². The van der Waals surface area contributed by atoms with Gasteiger partial charge in [0.15, 0.2) is 11.6 Å². The highest BCUT2D eigenvalue weighted by molar-refractivity contribution is 5.34. The average molecular weight is 168 g/mol. The van der Waals surface area contributed by atoms with Crippen molar-refractivity contribution in [3.8, 4) is 5.75 Å². The first kappa shape index (κ1) is 8.52. The molecule has 0 aliphatic heterocycles.